The third-order valence-electron chi connectivity index (χ3n) is 5.31. The Balaban J connectivity index is 0.00000341. The van der Waals surface area contributed by atoms with E-state index in [2.05, 4.69) is 5.32 Å². The number of nitrogens with zero attached hydrogens (tertiary/aromatic N) is 1. The van der Waals surface area contributed by atoms with Crippen LogP contribution in [0.25, 0.3) is 10.9 Å². The molecule has 0 radical (unpaired) electrons. The van der Waals surface area contributed by atoms with Crippen LogP contribution in [0, 0.1) is 6.92 Å². The van der Waals surface area contributed by atoms with Crippen LogP contribution in [0.3, 0.4) is 0 Å². The Hall–Kier alpha value is -2.54. The Bertz CT molecular complexity index is 1080. The van der Waals surface area contributed by atoms with Crippen LogP contribution in [0.4, 0.5) is 0 Å². The number of nitrogens with one attached hydrogen (secondary N) is 1. The normalized spacial score (nSPS) is 11.6. The second kappa shape index (κ2) is 10.7. The number of nitrogens with two attached hydrogens (primary N) is 1. The first kappa shape index (κ1) is 24.7. The number of ether oxygens (including phenoxy) is 1. The average Bonchev–Trinajstić information content (AvgIpc) is 3.02. The number of methoxy groups -OCH3 is 1. The molecular weight excluding hydrogens is 437 g/mol. The lowest BCUT2D eigenvalue weighted by Crippen LogP contribution is -2.25. The first-order valence-electron chi connectivity index (χ1n) is 9.81. The van der Waals surface area contributed by atoms with Crippen molar-refractivity contribution in [3.63, 3.8) is 0 Å². The van der Waals surface area contributed by atoms with E-state index < -0.39 is 0 Å². The fourth-order valence-electron chi connectivity index (χ4n) is 3.85. The number of amides is 1. The van der Waals surface area contributed by atoms with E-state index >= 15 is 0 Å². The Morgan fingerprint density at radius 1 is 1.19 bits per heavy atom. The monoisotopic (exact) mass is 463 g/mol. The molecule has 0 saturated carbocycles. The first-order valence-corrected chi connectivity index (χ1v) is 10.2. The van der Waals surface area contributed by atoms with Gasteiger partial charge in [0.1, 0.15) is 5.75 Å². The quantitative estimate of drug-likeness (QED) is 0.546. The van der Waals surface area contributed by atoms with Crippen molar-refractivity contribution in [2.24, 2.45) is 5.73 Å². The molecule has 0 spiro atoms. The molecule has 0 fully saturated rings. The third kappa shape index (κ3) is 5.21. The Morgan fingerprint density at radius 2 is 1.87 bits per heavy atom. The number of aromatic nitrogens is 1. The fraction of sp³-hybridized carbons (Fsp3) is 0.304. The molecule has 31 heavy (non-hydrogen) atoms. The van der Waals surface area contributed by atoms with Crippen LogP contribution in [0.15, 0.2) is 42.5 Å². The van der Waals surface area contributed by atoms with Crippen LogP contribution in [0.1, 0.15) is 40.9 Å². The van der Waals surface area contributed by atoms with Gasteiger partial charge in [0.15, 0.2) is 0 Å². The predicted octanol–water partition coefficient (Wildman–Crippen LogP) is 4.29. The van der Waals surface area contributed by atoms with Crippen LogP contribution >= 0.6 is 24.0 Å². The molecule has 0 aliphatic rings. The molecule has 1 unspecified atom stereocenters. The summed E-state index contributed by atoms with van der Waals surface area (Å²) in [5.74, 6) is 0.468. The van der Waals surface area contributed by atoms with E-state index in [1.807, 2.05) is 25.1 Å². The lowest BCUT2D eigenvalue weighted by atomic mass is 9.93. The van der Waals surface area contributed by atoms with Gasteiger partial charge in [-0.25, -0.2) is 0 Å². The molecule has 8 heteroatoms. The minimum atomic E-state index is -0.136. The van der Waals surface area contributed by atoms with Crippen LogP contribution in [0.2, 0.25) is 5.02 Å². The Morgan fingerprint density at radius 3 is 2.45 bits per heavy atom. The molecule has 2 aromatic carbocycles. The van der Waals surface area contributed by atoms with E-state index in [0.717, 1.165) is 22.2 Å². The summed E-state index contributed by atoms with van der Waals surface area (Å²) in [5.41, 5.74) is 9.28. The van der Waals surface area contributed by atoms with E-state index in [1.165, 1.54) is 6.92 Å². The van der Waals surface area contributed by atoms with Crippen LogP contribution in [-0.2, 0) is 4.79 Å². The van der Waals surface area contributed by atoms with Crippen molar-refractivity contribution in [2.75, 3.05) is 20.2 Å². The zero-order chi connectivity index (χ0) is 21.8. The van der Waals surface area contributed by atoms with E-state index in [-0.39, 0.29) is 30.1 Å². The number of hydrogen-bond acceptors (Lipinski definition) is 4. The van der Waals surface area contributed by atoms with Crippen molar-refractivity contribution in [3.8, 4) is 5.75 Å². The average molecular weight is 464 g/mol. The highest BCUT2D eigenvalue weighted by Crippen LogP contribution is 2.35. The van der Waals surface area contributed by atoms with Gasteiger partial charge in [0, 0.05) is 41.1 Å². The lowest BCUT2D eigenvalue weighted by molar-refractivity contribution is -0.118. The number of rotatable bonds is 7. The summed E-state index contributed by atoms with van der Waals surface area (Å²) < 4.78 is 7.13. The van der Waals surface area contributed by atoms with Crippen molar-refractivity contribution in [3.05, 3.63) is 64.3 Å². The maximum atomic E-state index is 13.4. The van der Waals surface area contributed by atoms with E-state index in [9.17, 15) is 9.59 Å². The standard InChI is InChI=1S/C23H26ClN3O3.ClH/c1-14-22(17(13-25)10-11-26-15(2)28)20-12-19(30-3)8-9-21(20)27(14)23(29)16-4-6-18(24)7-5-16;/h4-9,12,17H,10-11,13,25H2,1-3H3,(H,26,28);1H. The van der Waals surface area contributed by atoms with Gasteiger partial charge in [-0.3, -0.25) is 14.2 Å². The zero-order valence-electron chi connectivity index (χ0n) is 17.8. The Labute approximate surface area is 193 Å². The molecule has 3 aromatic rings. The fourth-order valence-corrected chi connectivity index (χ4v) is 3.98. The summed E-state index contributed by atoms with van der Waals surface area (Å²) in [5, 5.41) is 4.33. The molecule has 1 aromatic heterocycles. The molecule has 0 bridgehead atoms. The summed E-state index contributed by atoms with van der Waals surface area (Å²) in [4.78, 5) is 24.6. The second-order valence-electron chi connectivity index (χ2n) is 7.23. The van der Waals surface area contributed by atoms with Crippen molar-refractivity contribution < 1.29 is 14.3 Å². The van der Waals surface area contributed by atoms with Crippen molar-refractivity contribution in [1.82, 2.24) is 9.88 Å². The highest BCUT2D eigenvalue weighted by Gasteiger charge is 2.25. The largest absolute Gasteiger partial charge is 0.497 e. The van der Waals surface area contributed by atoms with E-state index in [0.29, 0.717) is 35.8 Å². The summed E-state index contributed by atoms with van der Waals surface area (Å²) in [6.45, 7) is 4.32. The first-order chi connectivity index (χ1) is 14.4. The molecule has 3 rings (SSSR count). The van der Waals surface area contributed by atoms with Crippen LogP contribution in [0.5, 0.6) is 5.75 Å². The lowest BCUT2D eigenvalue weighted by Gasteiger charge is -2.16. The van der Waals surface area contributed by atoms with Gasteiger partial charge in [-0.2, -0.15) is 0 Å². The van der Waals surface area contributed by atoms with Crippen LogP contribution in [-0.4, -0.2) is 36.6 Å². The van der Waals surface area contributed by atoms with Crippen molar-refractivity contribution in [2.45, 2.75) is 26.2 Å². The number of carbonyl (C=O) groups excluding carboxylic acids is 2. The number of halogens is 2. The third-order valence-corrected chi connectivity index (χ3v) is 5.57. The number of fused-ring (bicyclic) bond motifs is 1. The topological polar surface area (TPSA) is 86.3 Å². The van der Waals surface area contributed by atoms with Gasteiger partial charge in [0.25, 0.3) is 5.91 Å². The minimum absolute atomic E-state index is 0. The van der Waals surface area contributed by atoms with Gasteiger partial charge in [0.05, 0.1) is 12.6 Å². The number of carbonyl (C=O) groups is 2. The van der Waals surface area contributed by atoms with Gasteiger partial charge < -0.3 is 15.8 Å². The highest BCUT2D eigenvalue weighted by molar-refractivity contribution is 6.30. The molecule has 1 heterocycles. The maximum absolute atomic E-state index is 13.4. The SMILES string of the molecule is COc1ccc2c(c1)c(C(CN)CCNC(C)=O)c(C)n2C(=O)c1ccc(Cl)cc1.Cl. The molecule has 6 nitrogen and oxygen atoms in total. The maximum Gasteiger partial charge on any atom is 0.262 e. The molecule has 166 valence electrons. The summed E-state index contributed by atoms with van der Waals surface area (Å²) in [7, 11) is 1.61. The molecule has 3 N–H and O–H groups in total. The van der Waals surface area contributed by atoms with Gasteiger partial charge in [0.2, 0.25) is 5.91 Å². The van der Waals surface area contributed by atoms with Gasteiger partial charge in [-0.05, 0) is 67.9 Å². The summed E-state index contributed by atoms with van der Waals surface area (Å²) in [6.07, 6.45) is 0.669. The van der Waals surface area contributed by atoms with Crippen molar-refractivity contribution >= 4 is 46.7 Å². The zero-order valence-corrected chi connectivity index (χ0v) is 19.3. The highest BCUT2D eigenvalue weighted by atomic mass is 35.5. The smallest absolute Gasteiger partial charge is 0.262 e. The minimum Gasteiger partial charge on any atom is -0.497 e. The van der Waals surface area contributed by atoms with Crippen LogP contribution < -0.4 is 15.8 Å². The number of hydrogen-bond donors (Lipinski definition) is 2. The van der Waals surface area contributed by atoms with E-state index in [4.69, 9.17) is 22.1 Å². The molecule has 0 saturated heterocycles. The summed E-state index contributed by atoms with van der Waals surface area (Å²) in [6, 6.07) is 12.5. The van der Waals surface area contributed by atoms with Crippen molar-refractivity contribution in [1.29, 1.82) is 0 Å². The van der Waals surface area contributed by atoms with E-state index in [1.54, 1.807) is 35.9 Å². The van der Waals surface area contributed by atoms with Gasteiger partial charge in [-0.15, -0.1) is 12.4 Å². The van der Waals surface area contributed by atoms with Gasteiger partial charge in [-0.1, -0.05) is 11.6 Å². The predicted molar refractivity (Wildman–Crippen MR) is 127 cm³/mol. The Kier molecular flexibility index (Phi) is 8.51. The summed E-state index contributed by atoms with van der Waals surface area (Å²) >= 11 is 5.98. The molecule has 0 aliphatic carbocycles. The molecule has 1 atom stereocenters. The molecular formula is C23H27Cl2N3O3. The number of benzene rings is 2. The second-order valence-corrected chi connectivity index (χ2v) is 7.67. The van der Waals surface area contributed by atoms with Gasteiger partial charge >= 0.3 is 0 Å². The molecule has 0 aliphatic heterocycles. The molecule has 1 amide bonds.